The maximum Gasteiger partial charge on any atom is 0.316 e. The number of carbonyl (C=O) groups is 1. The fraction of sp³-hybridized carbons (Fsp3) is 0.536. The van der Waals surface area contributed by atoms with E-state index in [0.717, 1.165) is 50.1 Å². The van der Waals surface area contributed by atoms with Crippen LogP contribution in [0.15, 0.2) is 30.6 Å². The molecular formula is C28H33ClFN7O3. The Morgan fingerprint density at radius 2 is 1.93 bits per heavy atom. The molecule has 12 heteroatoms. The van der Waals surface area contributed by atoms with Crippen LogP contribution in [0.3, 0.4) is 0 Å². The number of aromatic nitrogens is 5. The van der Waals surface area contributed by atoms with Crippen molar-refractivity contribution in [1.82, 2.24) is 29.6 Å². The minimum Gasteiger partial charge on any atom is -0.493 e. The molecule has 4 heterocycles. The molecule has 0 N–H and O–H groups in total. The molecule has 6 rings (SSSR count). The Hall–Kier alpha value is -3.47. The second kappa shape index (κ2) is 11.6. The van der Waals surface area contributed by atoms with Crippen LogP contribution in [0.4, 0.5) is 10.3 Å². The number of amides is 1. The number of benzene rings is 1. The number of ether oxygens (including phenoxy) is 2. The Labute approximate surface area is 237 Å². The molecule has 1 aromatic carbocycles. The molecular weight excluding hydrogens is 537 g/mol. The average molecular weight is 570 g/mol. The molecule has 2 atom stereocenters. The summed E-state index contributed by atoms with van der Waals surface area (Å²) in [6.07, 6.45) is 7.78. The van der Waals surface area contributed by atoms with Crippen LogP contribution >= 0.6 is 11.6 Å². The zero-order chi connectivity index (χ0) is 27.6. The van der Waals surface area contributed by atoms with E-state index in [4.69, 9.17) is 21.1 Å². The Morgan fingerprint density at radius 3 is 2.67 bits per heavy atom. The highest BCUT2D eigenvalue weighted by Crippen LogP contribution is 2.49. The molecule has 1 saturated carbocycles. The lowest BCUT2D eigenvalue weighted by atomic mass is 9.90. The third-order valence-corrected chi connectivity index (χ3v) is 8.59. The van der Waals surface area contributed by atoms with Crippen LogP contribution in [0, 0.1) is 23.6 Å². The first kappa shape index (κ1) is 26.7. The van der Waals surface area contributed by atoms with E-state index >= 15 is 0 Å². The summed E-state index contributed by atoms with van der Waals surface area (Å²) in [5.41, 5.74) is 0.361. The van der Waals surface area contributed by atoms with Gasteiger partial charge in [-0.3, -0.25) is 9.36 Å². The smallest absolute Gasteiger partial charge is 0.316 e. The van der Waals surface area contributed by atoms with E-state index in [2.05, 4.69) is 25.1 Å². The number of hydrogen-bond donors (Lipinski definition) is 0. The lowest BCUT2D eigenvalue weighted by Crippen LogP contribution is -2.39. The molecule has 1 aliphatic carbocycles. The van der Waals surface area contributed by atoms with Crippen LogP contribution in [-0.2, 0) is 24.3 Å². The predicted octanol–water partition coefficient (Wildman–Crippen LogP) is 3.78. The van der Waals surface area contributed by atoms with Crippen molar-refractivity contribution >= 4 is 23.5 Å². The van der Waals surface area contributed by atoms with Gasteiger partial charge in [-0.2, -0.15) is 0 Å². The first-order valence-electron chi connectivity index (χ1n) is 13.9. The Kier molecular flexibility index (Phi) is 7.73. The van der Waals surface area contributed by atoms with Gasteiger partial charge in [-0.05, 0) is 55.1 Å². The molecule has 2 fully saturated rings. The van der Waals surface area contributed by atoms with Gasteiger partial charge in [0, 0.05) is 32.2 Å². The van der Waals surface area contributed by atoms with Crippen molar-refractivity contribution in [3.05, 3.63) is 52.8 Å². The normalized spacial score (nSPS) is 20.8. The third kappa shape index (κ3) is 5.84. The minimum absolute atomic E-state index is 0.00982. The molecule has 0 spiro atoms. The first-order valence-corrected chi connectivity index (χ1v) is 14.2. The number of anilines is 1. The van der Waals surface area contributed by atoms with E-state index in [1.807, 2.05) is 4.57 Å². The molecule has 10 nitrogen and oxygen atoms in total. The van der Waals surface area contributed by atoms with Crippen molar-refractivity contribution in [1.29, 1.82) is 0 Å². The number of nitrogens with zero attached hydrogens (tertiary/aromatic N) is 7. The van der Waals surface area contributed by atoms with Crippen LogP contribution in [-0.4, -0.2) is 68.9 Å². The van der Waals surface area contributed by atoms with Crippen molar-refractivity contribution in [2.75, 3.05) is 38.3 Å². The van der Waals surface area contributed by atoms with Crippen LogP contribution < -0.4 is 14.4 Å². The van der Waals surface area contributed by atoms with Crippen molar-refractivity contribution in [3.8, 4) is 11.8 Å². The van der Waals surface area contributed by atoms with Crippen molar-refractivity contribution in [3.63, 3.8) is 0 Å². The molecule has 1 saturated heterocycles. The quantitative estimate of drug-likeness (QED) is 0.384. The number of carbonyl (C=O) groups excluding carboxylic acids is 1. The summed E-state index contributed by atoms with van der Waals surface area (Å²) in [5, 5.41) is 8.61. The summed E-state index contributed by atoms with van der Waals surface area (Å²) in [4.78, 5) is 25.4. The molecule has 40 heavy (non-hydrogen) atoms. The van der Waals surface area contributed by atoms with Crippen LogP contribution in [0.5, 0.6) is 11.8 Å². The highest BCUT2D eigenvalue weighted by Gasteiger charge is 2.43. The maximum absolute atomic E-state index is 14.8. The standard InChI is InChI=1S/C28H33ClFN7O3/c1-39-28-34-33-25-17-36(9-10-37(25)28)26(38)13-20-2-3-22(14-24(20)30)40-11-6-19-12-23(19)18-4-7-35(8-5-18)27-31-15-21(29)16-32-27/h2-3,14-16,18-19,23H,4-13,17H2,1H3/t19-,23-/m1/s1. The van der Waals surface area contributed by atoms with Crippen molar-refractivity contribution in [2.24, 2.45) is 17.8 Å². The SMILES string of the molecule is COc1nnc2n1CCN(C(=O)Cc1ccc(OCC[C@@H]3C[C@@H]3C3CCN(c4ncc(Cl)cn4)CC3)cc1F)C2. The summed E-state index contributed by atoms with van der Waals surface area (Å²) in [5.74, 6) is 3.48. The lowest BCUT2D eigenvalue weighted by Gasteiger charge is -2.32. The summed E-state index contributed by atoms with van der Waals surface area (Å²) in [6.45, 7) is 3.87. The van der Waals surface area contributed by atoms with Crippen LogP contribution in [0.2, 0.25) is 5.02 Å². The molecule has 2 aliphatic heterocycles. The van der Waals surface area contributed by atoms with Gasteiger partial charge in [-0.1, -0.05) is 22.8 Å². The van der Waals surface area contributed by atoms with Crippen LogP contribution in [0.25, 0.3) is 0 Å². The van der Waals surface area contributed by atoms with E-state index in [1.54, 1.807) is 36.5 Å². The molecule has 2 aromatic heterocycles. The fourth-order valence-electron chi connectivity index (χ4n) is 6.04. The second-order valence-electron chi connectivity index (χ2n) is 10.8. The second-order valence-corrected chi connectivity index (χ2v) is 11.3. The zero-order valence-electron chi connectivity index (χ0n) is 22.5. The first-order chi connectivity index (χ1) is 19.5. The Balaban J connectivity index is 0.924. The lowest BCUT2D eigenvalue weighted by molar-refractivity contribution is -0.132. The number of piperidine rings is 1. The van der Waals surface area contributed by atoms with Gasteiger partial charge in [0.05, 0.1) is 44.1 Å². The summed E-state index contributed by atoms with van der Waals surface area (Å²) in [6, 6.07) is 5.23. The molecule has 0 unspecified atom stereocenters. The number of fused-ring (bicyclic) bond motifs is 1. The van der Waals surface area contributed by atoms with E-state index in [1.165, 1.54) is 12.5 Å². The van der Waals surface area contributed by atoms with E-state index in [9.17, 15) is 9.18 Å². The van der Waals surface area contributed by atoms with Gasteiger partial charge >= 0.3 is 6.01 Å². The van der Waals surface area contributed by atoms with E-state index in [0.29, 0.717) is 60.3 Å². The molecule has 212 valence electrons. The van der Waals surface area contributed by atoms with Crippen molar-refractivity contribution in [2.45, 2.75) is 45.2 Å². The molecule has 1 amide bonds. The molecule has 0 radical (unpaired) electrons. The maximum atomic E-state index is 14.8. The third-order valence-electron chi connectivity index (χ3n) is 8.39. The average Bonchev–Trinajstić information content (AvgIpc) is 3.63. The molecule has 3 aliphatic rings. The van der Waals surface area contributed by atoms with Gasteiger partial charge in [0.2, 0.25) is 11.9 Å². The highest BCUT2D eigenvalue weighted by molar-refractivity contribution is 6.30. The molecule has 0 bridgehead atoms. The Morgan fingerprint density at radius 1 is 1.12 bits per heavy atom. The molecule has 3 aromatic rings. The summed E-state index contributed by atoms with van der Waals surface area (Å²) >= 11 is 5.90. The zero-order valence-corrected chi connectivity index (χ0v) is 23.3. The number of rotatable bonds is 9. The minimum atomic E-state index is -0.423. The summed E-state index contributed by atoms with van der Waals surface area (Å²) in [7, 11) is 1.54. The van der Waals surface area contributed by atoms with Gasteiger partial charge in [0.1, 0.15) is 11.6 Å². The predicted molar refractivity (Wildman–Crippen MR) is 146 cm³/mol. The van der Waals surface area contributed by atoms with Crippen molar-refractivity contribution < 1.29 is 18.7 Å². The summed E-state index contributed by atoms with van der Waals surface area (Å²) < 4.78 is 27.7. The van der Waals surface area contributed by atoms with Gasteiger partial charge in [-0.15, -0.1) is 5.10 Å². The number of hydrogen-bond acceptors (Lipinski definition) is 8. The van der Waals surface area contributed by atoms with Gasteiger partial charge < -0.3 is 19.3 Å². The Bertz CT molecular complexity index is 1350. The number of methoxy groups -OCH3 is 1. The van der Waals surface area contributed by atoms with E-state index in [-0.39, 0.29) is 12.3 Å². The number of halogens is 2. The van der Waals surface area contributed by atoms with Gasteiger partial charge in [0.25, 0.3) is 0 Å². The van der Waals surface area contributed by atoms with E-state index < -0.39 is 5.82 Å². The topological polar surface area (TPSA) is 98.5 Å². The van der Waals surface area contributed by atoms with Gasteiger partial charge in [-0.25, -0.2) is 14.4 Å². The largest absolute Gasteiger partial charge is 0.493 e. The van der Waals surface area contributed by atoms with Gasteiger partial charge in [0.15, 0.2) is 5.82 Å². The fourth-order valence-corrected chi connectivity index (χ4v) is 6.13. The van der Waals surface area contributed by atoms with Crippen LogP contribution in [0.1, 0.15) is 37.1 Å². The monoisotopic (exact) mass is 569 g/mol. The highest BCUT2D eigenvalue weighted by atomic mass is 35.5.